The zero-order valence-electron chi connectivity index (χ0n) is 7.60. The summed E-state index contributed by atoms with van der Waals surface area (Å²) in [4.78, 5) is 11.0. The van der Waals surface area contributed by atoms with Crippen molar-refractivity contribution in [3.05, 3.63) is 10.6 Å². The van der Waals surface area contributed by atoms with Crippen LogP contribution in [-0.4, -0.2) is 12.6 Å². The number of allylic oxidation sites excluding steroid dienone is 1. The molecule has 70 valence electrons. The molecule has 0 rings (SSSR count). The summed E-state index contributed by atoms with van der Waals surface area (Å²) < 4.78 is 5.32. The van der Waals surface area contributed by atoms with Gasteiger partial charge in [0, 0.05) is 0 Å². The molecule has 0 unspecified atom stereocenters. The molecule has 0 atom stereocenters. The van der Waals surface area contributed by atoms with Crippen LogP contribution >= 0.6 is 15.9 Å². The van der Waals surface area contributed by atoms with Crippen molar-refractivity contribution in [3.63, 3.8) is 0 Å². The predicted octanol–water partition coefficient (Wildman–Crippen LogP) is 3.02. The molecule has 0 fully saturated rings. The average molecular weight is 235 g/mol. The smallest absolute Gasteiger partial charge is 0.344 e. The zero-order chi connectivity index (χ0) is 9.40. The van der Waals surface area contributed by atoms with Crippen LogP contribution in [0.1, 0.15) is 33.1 Å². The van der Waals surface area contributed by atoms with Gasteiger partial charge in [0.1, 0.15) is 0 Å². The Hall–Kier alpha value is -0.310. The molecule has 0 aliphatic carbocycles. The highest BCUT2D eigenvalue weighted by Crippen LogP contribution is 2.10. The van der Waals surface area contributed by atoms with Crippen LogP contribution in [0.5, 0.6) is 0 Å². The number of hydrogen-bond acceptors (Lipinski definition) is 2. The van der Waals surface area contributed by atoms with E-state index in [1.807, 2.05) is 6.08 Å². The molecular formula is C9H15BrO2. The quantitative estimate of drug-likeness (QED) is 0.416. The Morgan fingerprint density at radius 1 is 1.50 bits per heavy atom. The van der Waals surface area contributed by atoms with E-state index in [-0.39, 0.29) is 5.97 Å². The summed E-state index contributed by atoms with van der Waals surface area (Å²) >= 11 is 3.16. The minimum atomic E-state index is -0.270. The summed E-state index contributed by atoms with van der Waals surface area (Å²) in [5.41, 5.74) is 0. The van der Waals surface area contributed by atoms with Crippen LogP contribution in [0, 0.1) is 0 Å². The van der Waals surface area contributed by atoms with Crippen molar-refractivity contribution in [2.75, 3.05) is 6.61 Å². The maximum atomic E-state index is 11.0. The number of ether oxygens (including phenoxy) is 1. The van der Waals surface area contributed by atoms with Crippen molar-refractivity contribution in [2.24, 2.45) is 0 Å². The minimum absolute atomic E-state index is 0.270. The molecule has 0 heterocycles. The number of carbonyl (C=O) groups excluding carboxylic acids is 1. The number of esters is 1. The Kier molecular flexibility index (Phi) is 7.16. The molecule has 0 aliphatic heterocycles. The number of unbranched alkanes of at least 4 members (excludes halogenated alkanes) is 2. The summed E-state index contributed by atoms with van der Waals surface area (Å²) in [6, 6.07) is 0. The van der Waals surface area contributed by atoms with Gasteiger partial charge < -0.3 is 4.74 Å². The van der Waals surface area contributed by atoms with Gasteiger partial charge in [0.25, 0.3) is 0 Å². The van der Waals surface area contributed by atoms with Gasteiger partial charge in [-0.05, 0) is 29.3 Å². The molecule has 0 amide bonds. The third-order valence-corrected chi connectivity index (χ3v) is 2.00. The van der Waals surface area contributed by atoms with Crippen LogP contribution in [0.2, 0.25) is 0 Å². The first-order valence-corrected chi connectivity index (χ1v) is 5.04. The Morgan fingerprint density at radius 2 is 2.17 bits per heavy atom. The van der Waals surface area contributed by atoms with Gasteiger partial charge in [-0.3, -0.25) is 0 Å². The van der Waals surface area contributed by atoms with Crippen LogP contribution in [0.15, 0.2) is 10.6 Å². The Labute approximate surface area is 82.1 Å². The van der Waals surface area contributed by atoms with E-state index in [1.165, 1.54) is 0 Å². The molecule has 0 aliphatic rings. The van der Waals surface area contributed by atoms with Gasteiger partial charge in [0.15, 0.2) is 0 Å². The van der Waals surface area contributed by atoms with Crippen molar-refractivity contribution >= 4 is 21.9 Å². The van der Waals surface area contributed by atoms with Crippen molar-refractivity contribution in [1.29, 1.82) is 0 Å². The second-order valence-electron chi connectivity index (χ2n) is 2.41. The normalized spacial score (nSPS) is 11.4. The second kappa shape index (κ2) is 7.35. The summed E-state index contributed by atoms with van der Waals surface area (Å²) in [5.74, 6) is -0.270. The van der Waals surface area contributed by atoms with Gasteiger partial charge in [0.05, 0.1) is 11.1 Å². The molecule has 0 saturated carbocycles. The second-order valence-corrected chi connectivity index (χ2v) is 3.27. The fourth-order valence-corrected chi connectivity index (χ4v) is 1.06. The van der Waals surface area contributed by atoms with Crippen molar-refractivity contribution < 1.29 is 9.53 Å². The SMILES string of the molecule is CCCC/C=C(\Br)C(=O)OCC. The highest BCUT2D eigenvalue weighted by molar-refractivity contribution is 9.12. The lowest BCUT2D eigenvalue weighted by Gasteiger charge is -1.99. The third kappa shape index (κ3) is 5.35. The lowest BCUT2D eigenvalue weighted by atomic mass is 10.2. The predicted molar refractivity (Wildman–Crippen MR) is 53.2 cm³/mol. The van der Waals surface area contributed by atoms with E-state index in [9.17, 15) is 4.79 Å². The first-order valence-electron chi connectivity index (χ1n) is 4.25. The van der Waals surface area contributed by atoms with Gasteiger partial charge in [-0.15, -0.1) is 0 Å². The Balaban J connectivity index is 3.74. The fraction of sp³-hybridized carbons (Fsp3) is 0.667. The Bertz CT molecular complexity index is 164. The van der Waals surface area contributed by atoms with E-state index in [2.05, 4.69) is 22.9 Å². The van der Waals surface area contributed by atoms with Crippen LogP contribution < -0.4 is 0 Å². The summed E-state index contributed by atoms with van der Waals surface area (Å²) in [5, 5.41) is 0. The monoisotopic (exact) mass is 234 g/mol. The first-order chi connectivity index (χ1) is 5.72. The molecule has 0 N–H and O–H groups in total. The molecule has 0 spiro atoms. The molecule has 12 heavy (non-hydrogen) atoms. The van der Waals surface area contributed by atoms with E-state index >= 15 is 0 Å². The first kappa shape index (κ1) is 11.7. The average Bonchev–Trinajstić information content (AvgIpc) is 2.05. The van der Waals surface area contributed by atoms with E-state index in [1.54, 1.807) is 6.92 Å². The molecular weight excluding hydrogens is 220 g/mol. The van der Waals surface area contributed by atoms with Crippen LogP contribution in [-0.2, 0) is 9.53 Å². The molecule has 0 radical (unpaired) electrons. The number of rotatable bonds is 5. The molecule has 0 bridgehead atoms. The molecule has 0 aromatic heterocycles. The van der Waals surface area contributed by atoms with Crippen molar-refractivity contribution in [2.45, 2.75) is 33.1 Å². The number of carbonyl (C=O) groups is 1. The van der Waals surface area contributed by atoms with E-state index in [0.717, 1.165) is 19.3 Å². The maximum absolute atomic E-state index is 11.0. The van der Waals surface area contributed by atoms with Crippen LogP contribution in [0.4, 0.5) is 0 Å². The topological polar surface area (TPSA) is 26.3 Å². The van der Waals surface area contributed by atoms with Gasteiger partial charge in [-0.2, -0.15) is 0 Å². The molecule has 3 heteroatoms. The maximum Gasteiger partial charge on any atom is 0.344 e. The van der Waals surface area contributed by atoms with Gasteiger partial charge >= 0.3 is 5.97 Å². The minimum Gasteiger partial charge on any atom is -0.462 e. The van der Waals surface area contributed by atoms with Crippen molar-refractivity contribution in [1.82, 2.24) is 0 Å². The summed E-state index contributed by atoms with van der Waals surface area (Å²) in [7, 11) is 0. The molecule has 2 nitrogen and oxygen atoms in total. The Morgan fingerprint density at radius 3 is 2.67 bits per heavy atom. The van der Waals surface area contributed by atoms with Crippen LogP contribution in [0.25, 0.3) is 0 Å². The molecule has 0 aromatic rings. The zero-order valence-corrected chi connectivity index (χ0v) is 9.19. The van der Waals surface area contributed by atoms with E-state index in [4.69, 9.17) is 4.74 Å². The fourth-order valence-electron chi connectivity index (χ4n) is 0.716. The number of hydrogen-bond donors (Lipinski definition) is 0. The van der Waals surface area contributed by atoms with E-state index < -0.39 is 0 Å². The van der Waals surface area contributed by atoms with E-state index in [0.29, 0.717) is 11.1 Å². The highest BCUT2D eigenvalue weighted by atomic mass is 79.9. The standard InChI is InChI=1S/C9H15BrO2/c1-3-5-6-7-8(10)9(11)12-4-2/h7H,3-6H2,1-2H3/b8-7-. The van der Waals surface area contributed by atoms with Gasteiger partial charge in [0.2, 0.25) is 0 Å². The van der Waals surface area contributed by atoms with Gasteiger partial charge in [-0.25, -0.2) is 4.79 Å². The van der Waals surface area contributed by atoms with Crippen LogP contribution in [0.3, 0.4) is 0 Å². The molecule has 0 aromatic carbocycles. The summed E-state index contributed by atoms with van der Waals surface area (Å²) in [6.07, 6.45) is 5.03. The largest absolute Gasteiger partial charge is 0.462 e. The highest BCUT2D eigenvalue weighted by Gasteiger charge is 2.04. The summed E-state index contributed by atoms with van der Waals surface area (Å²) in [6.45, 7) is 4.34. The lowest BCUT2D eigenvalue weighted by Crippen LogP contribution is -2.03. The van der Waals surface area contributed by atoms with Gasteiger partial charge in [-0.1, -0.05) is 25.8 Å². The molecule has 0 saturated heterocycles. The number of halogens is 1. The third-order valence-electron chi connectivity index (χ3n) is 1.35. The van der Waals surface area contributed by atoms with Crippen molar-refractivity contribution in [3.8, 4) is 0 Å². The lowest BCUT2D eigenvalue weighted by molar-refractivity contribution is -0.137.